The summed E-state index contributed by atoms with van der Waals surface area (Å²) in [7, 11) is -3.47. The Bertz CT molecular complexity index is 1230. The van der Waals surface area contributed by atoms with Crippen LogP contribution in [0, 0.1) is 6.92 Å². The molecule has 0 N–H and O–H groups in total. The van der Waals surface area contributed by atoms with Gasteiger partial charge in [-0.05, 0) is 31.2 Å². The van der Waals surface area contributed by atoms with E-state index in [1.165, 1.54) is 19.1 Å². The van der Waals surface area contributed by atoms with Crippen molar-refractivity contribution in [1.82, 2.24) is 10.1 Å². The van der Waals surface area contributed by atoms with Gasteiger partial charge in [-0.3, -0.25) is 4.79 Å². The van der Waals surface area contributed by atoms with Crippen LogP contribution in [0.1, 0.15) is 21.7 Å². The summed E-state index contributed by atoms with van der Waals surface area (Å²) < 4.78 is 59.8. The van der Waals surface area contributed by atoms with E-state index in [-0.39, 0.29) is 37.7 Å². The van der Waals surface area contributed by atoms with Crippen molar-refractivity contribution in [1.29, 1.82) is 0 Å². The molecule has 2 heterocycles. The molecule has 12 heteroatoms. The lowest BCUT2D eigenvalue weighted by atomic mass is 10.1. The van der Waals surface area contributed by atoms with Crippen molar-refractivity contribution in [3.05, 3.63) is 63.5 Å². The Labute approximate surface area is 179 Å². The predicted molar refractivity (Wildman–Crippen MR) is 105 cm³/mol. The number of carbonyl (C=O) groups is 1. The van der Waals surface area contributed by atoms with Gasteiger partial charge in [-0.1, -0.05) is 34.4 Å². The van der Waals surface area contributed by atoms with Crippen molar-refractivity contribution in [2.45, 2.75) is 18.1 Å². The lowest BCUT2D eigenvalue weighted by Crippen LogP contribution is -2.09. The Morgan fingerprint density at radius 3 is 2.33 bits per heavy atom. The van der Waals surface area contributed by atoms with Gasteiger partial charge >= 0.3 is 6.18 Å². The van der Waals surface area contributed by atoms with Crippen LogP contribution in [0.2, 0.25) is 10.0 Å². The van der Waals surface area contributed by atoms with E-state index in [1.54, 1.807) is 6.07 Å². The fourth-order valence-electron chi connectivity index (χ4n) is 2.54. The molecular weight excluding hydrogens is 466 g/mol. The van der Waals surface area contributed by atoms with Crippen molar-refractivity contribution in [3.8, 4) is 11.3 Å². The number of nitrogens with zero attached hydrogens (tertiary/aromatic N) is 3. The zero-order valence-electron chi connectivity index (χ0n) is 15.3. The van der Waals surface area contributed by atoms with Gasteiger partial charge in [-0.25, -0.2) is 9.19 Å². The van der Waals surface area contributed by atoms with Gasteiger partial charge in [0, 0.05) is 18.0 Å². The first-order valence-corrected chi connectivity index (χ1v) is 10.8. The number of alkyl halides is 3. The van der Waals surface area contributed by atoms with E-state index in [4.69, 9.17) is 27.7 Å². The summed E-state index contributed by atoms with van der Waals surface area (Å²) in [5, 5.41) is 3.93. The SMILES string of the molecule is Cc1onc(-c2c(Cl)cccc2Cl)c1C(=O)N=[S@](C)(=O)c1ccc(C(F)(F)F)cn1. The van der Waals surface area contributed by atoms with Gasteiger partial charge in [0.2, 0.25) is 0 Å². The molecule has 0 saturated carbocycles. The Kier molecular flexibility index (Phi) is 5.94. The first-order valence-electron chi connectivity index (χ1n) is 8.12. The van der Waals surface area contributed by atoms with Crippen LogP contribution in [0.15, 0.2) is 50.4 Å². The van der Waals surface area contributed by atoms with Crippen LogP contribution in [0.4, 0.5) is 13.2 Å². The molecular formula is C18H12Cl2F3N3O3S. The molecule has 0 saturated heterocycles. The van der Waals surface area contributed by atoms with Crippen molar-refractivity contribution in [2.24, 2.45) is 4.36 Å². The molecule has 3 rings (SSSR count). The number of aryl methyl sites for hydroxylation is 1. The third-order valence-corrected chi connectivity index (χ3v) is 6.15. The van der Waals surface area contributed by atoms with Crippen molar-refractivity contribution in [2.75, 3.05) is 6.26 Å². The number of hydrogen-bond donors (Lipinski definition) is 0. The van der Waals surface area contributed by atoms with E-state index in [9.17, 15) is 22.2 Å². The van der Waals surface area contributed by atoms with E-state index >= 15 is 0 Å². The van der Waals surface area contributed by atoms with Crippen LogP contribution < -0.4 is 0 Å². The van der Waals surface area contributed by atoms with E-state index in [0.29, 0.717) is 12.3 Å². The molecule has 0 fully saturated rings. The van der Waals surface area contributed by atoms with Gasteiger partial charge in [-0.15, -0.1) is 0 Å². The van der Waals surface area contributed by atoms with Crippen molar-refractivity contribution in [3.63, 3.8) is 0 Å². The average molecular weight is 478 g/mol. The zero-order valence-corrected chi connectivity index (χ0v) is 17.7. The minimum absolute atomic E-state index is 0.00688. The smallest absolute Gasteiger partial charge is 0.360 e. The first-order chi connectivity index (χ1) is 13.9. The standard InChI is InChI=1S/C18H12Cl2F3N3O3S/c1-9-14(16(25-29-9)15-11(19)4-3-5-12(15)20)17(27)26-30(2,28)13-7-6-10(8-24-13)18(21,22)23/h3-8H,1-2H3/t30-/m1/s1. The number of rotatable bonds is 3. The molecule has 1 aromatic carbocycles. The summed E-state index contributed by atoms with van der Waals surface area (Å²) in [6.07, 6.45) is -2.99. The quantitative estimate of drug-likeness (QED) is 0.485. The molecule has 0 aliphatic rings. The molecule has 0 radical (unpaired) electrons. The van der Waals surface area contributed by atoms with Gasteiger partial charge in [0.05, 0.1) is 25.3 Å². The monoisotopic (exact) mass is 477 g/mol. The highest BCUT2D eigenvalue weighted by Gasteiger charge is 2.31. The van der Waals surface area contributed by atoms with Gasteiger partial charge in [0.15, 0.2) is 0 Å². The van der Waals surface area contributed by atoms with Crippen molar-refractivity contribution < 1.29 is 26.7 Å². The third-order valence-electron chi connectivity index (χ3n) is 3.98. The molecule has 0 bridgehead atoms. The lowest BCUT2D eigenvalue weighted by Gasteiger charge is -2.08. The number of pyridine rings is 1. The maximum absolute atomic E-state index is 12.9. The topological polar surface area (TPSA) is 85.4 Å². The number of hydrogen-bond acceptors (Lipinski definition) is 5. The second kappa shape index (κ2) is 8.01. The van der Waals surface area contributed by atoms with Gasteiger partial charge < -0.3 is 4.52 Å². The van der Waals surface area contributed by atoms with E-state index < -0.39 is 27.4 Å². The maximum Gasteiger partial charge on any atom is 0.417 e. The molecule has 0 aliphatic heterocycles. The Balaban J connectivity index is 2.07. The fourth-order valence-corrected chi connectivity index (χ4v) is 4.19. The Hall–Kier alpha value is -2.43. The molecule has 0 spiro atoms. The predicted octanol–water partition coefficient (Wildman–Crippen LogP) is 5.67. The zero-order chi connectivity index (χ0) is 22.3. The van der Waals surface area contributed by atoms with E-state index in [0.717, 1.165) is 12.3 Å². The minimum Gasteiger partial charge on any atom is -0.360 e. The summed E-state index contributed by atoms with van der Waals surface area (Å²) in [5.41, 5.74) is -0.899. The minimum atomic E-state index is -4.60. The van der Waals surface area contributed by atoms with Crippen LogP contribution in [0.3, 0.4) is 0 Å². The number of amides is 1. The molecule has 0 aliphatic carbocycles. The summed E-state index contributed by atoms with van der Waals surface area (Å²) in [6, 6.07) is 6.29. The number of aromatic nitrogens is 2. The number of halogens is 5. The summed E-state index contributed by atoms with van der Waals surface area (Å²) >= 11 is 12.3. The number of benzene rings is 1. The Morgan fingerprint density at radius 1 is 1.17 bits per heavy atom. The molecule has 158 valence electrons. The van der Waals surface area contributed by atoms with Crippen molar-refractivity contribution >= 4 is 38.8 Å². The highest BCUT2D eigenvalue weighted by Crippen LogP contribution is 2.37. The highest BCUT2D eigenvalue weighted by molar-refractivity contribution is 7.93. The fraction of sp³-hybridized carbons (Fsp3) is 0.167. The summed E-state index contributed by atoms with van der Waals surface area (Å²) in [4.78, 5) is 16.4. The van der Waals surface area contributed by atoms with E-state index in [1.807, 2.05) is 0 Å². The van der Waals surface area contributed by atoms with Gasteiger partial charge in [0.25, 0.3) is 5.91 Å². The molecule has 3 aromatic rings. The molecule has 1 amide bonds. The molecule has 6 nitrogen and oxygen atoms in total. The molecule has 1 atom stereocenters. The molecule has 2 aromatic heterocycles. The maximum atomic E-state index is 12.9. The van der Waals surface area contributed by atoms with Crippen LogP contribution in [-0.4, -0.2) is 26.5 Å². The molecule has 30 heavy (non-hydrogen) atoms. The second-order valence-electron chi connectivity index (χ2n) is 6.14. The van der Waals surface area contributed by atoms with Crippen LogP contribution in [0.25, 0.3) is 11.3 Å². The second-order valence-corrected chi connectivity index (χ2v) is 9.16. The van der Waals surface area contributed by atoms with Crippen LogP contribution in [-0.2, 0) is 15.9 Å². The lowest BCUT2D eigenvalue weighted by molar-refractivity contribution is -0.137. The average Bonchev–Trinajstić information content (AvgIpc) is 3.02. The first kappa shape index (κ1) is 22.3. The molecule has 0 unspecified atom stereocenters. The van der Waals surface area contributed by atoms with Crippen LogP contribution in [0.5, 0.6) is 0 Å². The van der Waals surface area contributed by atoms with Gasteiger partial charge in [-0.2, -0.15) is 17.5 Å². The van der Waals surface area contributed by atoms with Crippen LogP contribution >= 0.6 is 23.2 Å². The summed E-state index contributed by atoms with van der Waals surface area (Å²) in [5.74, 6) is -0.890. The Morgan fingerprint density at radius 2 is 1.80 bits per heavy atom. The van der Waals surface area contributed by atoms with E-state index in [2.05, 4.69) is 14.5 Å². The highest BCUT2D eigenvalue weighted by atomic mass is 35.5. The third kappa shape index (κ3) is 4.35. The normalized spacial score (nSPS) is 13.7. The number of carbonyl (C=O) groups excluding carboxylic acids is 1. The largest absolute Gasteiger partial charge is 0.417 e. The van der Waals surface area contributed by atoms with Gasteiger partial charge in [0.1, 0.15) is 22.0 Å². The summed E-state index contributed by atoms with van der Waals surface area (Å²) in [6.45, 7) is 1.44.